The Morgan fingerprint density at radius 1 is 1.07 bits per heavy atom. The fraction of sp³-hybridized carbons (Fsp3) is 0.500. The zero-order chi connectivity index (χ0) is 19.5. The molecule has 0 saturated heterocycles. The first-order valence-electron chi connectivity index (χ1n) is 10.2. The topological polar surface area (TPSA) is 60.0 Å². The average Bonchev–Trinajstić information content (AvgIpc) is 3.27. The minimum absolute atomic E-state index is 0.699. The van der Waals surface area contributed by atoms with Crippen molar-refractivity contribution >= 4 is 0 Å². The maximum Gasteiger partial charge on any atom is 0.122 e. The molecule has 0 amide bonds. The predicted molar refractivity (Wildman–Crippen MR) is 109 cm³/mol. The van der Waals surface area contributed by atoms with Gasteiger partial charge in [-0.15, -0.1) is 0 Å². The van der Waals surface area contributed by atoms with Crippen LogP contribution in [-0.4, -0.2) is 32.0 Å². The summed E-state index contributed by atoms with van der Waals surface area (Å²) in [6.45, 7) is 3.41. The van der Waals surface area contributed by atoms with Crippen molar-refractivity contribution in [1.29, 1.82) is 0 Å². The van der Waals surface area contributed by atoms with E-state index in [4.69, 9.17) is 9.73 Å². The van der Waals surface area contributed by atoms with Crippen molar-refractivity contribution in [1.82, 2.24) is 25.0 Å². The van der Waals surface area contributed by atoms with Crippen LogP contribution in [0.25, 0.3) is 11.3 Å². The molecule has 1 fully saturated rings. The van der Waals surface area contributed by atoms with Crippen molar-refractivity contribution in [2.45, 2.75) is 58.0 Å². The fourth-order valence-corrected chi connectivity index (χ4v) is 4.24. The van der Waals surface area contributed by atoms with Gasteiger partial charge in [0.05, 0.1) is 5.69 Å². The predicted octanol–water partition coefficient (Wildman–Crippen LogP) is 4.46. The van der Waals surface area contributed by atoms with Crippen molar-refractivity contribution in [3.63, 3.8) is 0 Å². The highest BCUT2D eigenvalue weighted by molar-refractivity contribution is 5.63. The molecule has 0 spiro atoms. The van der Waals surface area contributed by atoms with Gasteiger partial charge in [0, 0.05) is 37.5 Å². The van der Waals surface area contributed by atoms with Crippen LogP contribution in [0.15, 0.2) is 35.1 Å². The molecule has 148 valence electrons. The first-order valence-corrected chi connectivity index (χ1v) is 10.2. The maximum atomic E-state index is 4.81. The molecular weight excluding hydrogens is 350 g/mol. The maximum absolute atomic E-state index is 4.81. The Bertz CT molecular complexity index is 905. The fourth-order valence-electron chi connectivity index (χ4n) is 4.24. The Kier molecular flexibility index (Phi) is 5.57. The standard InChI is InChI=1S/C22H29N5O/c1-16-21(25-28-24-16)15-26(2)13-20-14-27(3)23-22(20)19-11-9-18(10-12-19)17-7-5-4-6-8-17/h9-12,14,17H,4-8,13,15H2,1-3H3. The van der Waals surface area contributed by atoms with Gasteiger partial charge in [0.25, 0.3) is 0 Å². The SMILES string of the molecule is Cc1nonc1CN(C)Cc1cn(C)nc1-c1ccc(C2CCCCC2)cc1. The lowest BCUT2D eigenvalue weighted by Crippen LogP contribution is -2.18. The van der Waals surface area contributed by atoms with Crippen LogP contribution < -0.4 is 0 Å². The third-order valence-corrected chi connectivity index (χ3v) is 5.77. The minimum Gasteiger partial charge on any atom is -0.296 e. The third kappa shape index (κ3) is 4.17. The van der Waals surface area contributed by atoms with Crippen molar-refractivity contribution in [3.05, 3.63) is 53.0 Å². The molecule has 0 atom stereocenters. The van der Waals surface area contributed by atoms with Crippen LogP contribution in [0.1, 0.15) is 60.5 Å². The Balaban J connectivity index is 1.50. The van der Waals surface area contributed by atoms with Gasteiger partial charge in [0.2, 0.25) is 0 Å². The van der Waals surface area contributed by atoms with E-state index >= 15 is 0 Å². The number of nitrogens with zero attached hydrogens (tertiary/aromatic N) is 5. The summed E-state index contributed by atoms with van der Waals surface area (Å²) < 4.78 is 6.71. The van der Waals surface area contributed by atoms with E-state index in [-0.39, 0.29) is 0 Å². The number of aryl methyl sites for hydroxylation is 2. The van der Waals surface area contributed by atoms with Gasteiger partial charge < -0.3 is 0 Å². The van der Waals surface area contributed by atoms with Crippen LogP contribution >= 0.6 is 0 Å². The molecule has 1 aliphatic rings. The monoisotopic (exact) mass is 379 g/mol. The van der Waals surface area contributed by atoms with E-state index in [9.17, 15) is 0 Å². The molecule has 0 aliphatic heterocycles. The van der Waals surface area contributed by atoms with Crippen molar-refractivity contribution in [3.8, 4) is 11.3 Å². The molecule has 0 unspecified atom stereocenters. The van der Waals surface area contributed by atoms with Gasteiger partial charge in [-0.05, 0) is 38.3 Å². The molecule has 3 aromatic rings. The average molecular weight is 380 g/mol. The minimum atomic E-state index is 0.699. The van der Waals surface area contributed by atoms with E-state index in [0.717, 1.165) is 29.5 Å². The Morgan fingerprint density at radius 2 is 1.82 bits per heavy atom. The number of rotatable bonds is 6. The van der Waals surface area contributed by atoms with E-state index in [1.54, 1.807) is 0 Å². The summed E-state index contributed by atoms with van der Waals surface area (Å²) in [5.41, 5.74) is 6.65. The smallest absolute Gasteiger partial charge is 0.122 e. The highest BCUT2D eigenvalue weighted by atomic mass is 16.6. The van der Waals surface area contributed by atoms with Gasteiger partial charge in [0.15, 0.2) is 0 Å². The molecular formula is C22H29N5O. The van der Waals surface area contributed by atoms with Gasteiger partial charge >= 0.3 is 0 Å². The van der Waals surface area contributed by atoms with E-state index in [1.807, 2.05) is 18.7 Å². The largest absolute Gasteiger partial charge is 0.296 e. The molecule has 1 saturated carbocycles. The molecule has 1 aliphatic carbocycles. The van der Waals surface area contributed by atoms with Crippen LogP contribution in [-0.2, 0) is 20.1 Å². The molecule has 0 radical (unpaired) electrons. The number of aromatic nitrogens is 4. The normalized spacial score (nSPS) is 15.4. The molecule has 28 heavy (non-hydrogen) atoms. The van der Waals surface area contributed by atoms with E-state index in [2.05, 4.69) is 52.7 Å². The Hall–Kier alpha value is -2.47. The third-order valence-electron chi connectivity index (χ3n) is 5.77. The van der Waals surface area contributed by atoms with Crippen molar-refractivity contribution in [2.24, 2.45) is 7.05 Å². The Labute approximate surface area is 166 Å². The lowest BCUT2D eigenvalue weighted by Gasteiger charge is -2.22. The van der Waals surface area contributed by atoms with Gasteiger partial charge in [0.1, 0.15) is 11.4 Å². The van der Waals surface area contributed by atoms with Crippen LogP contribution in [0.2, 0.25) is 0 Å². The van der Waals surface area contributed by atoms with Crippen molar-refractivity contribution < 1.29 is 4.63 Å². The summed E-state index contributed by atoms with van der Waals surface area (Å²) in [6, 6.07) is 9.08. The molecule has 0 N–H and O–H groups in total. The molecule has 6 nitrogen and oxygen atoms in total. The Morgan fingerprint density at radius 3 is 2.50 bits per heavy atom. The quantitative estimate of drug-likeness (QED) is 0.633. The molecule has 4 rings (SSSR count). The van der Waals surface area contributed by atoms with E-state index in [1.165, 1.54) is 48.8 Å². The summed E-state index contributed by atoms with van der Waals surface area (Å²) in [5, 5.41) is 12.6. The van der Waals surface area contributed by atoms with Crippen molar-refractivity contribution in [2.75, 3.05) is 7.05 Å². The second kappa shape index (κ2) is 8.27. The zero-order valence-electron chi connectivity index (χ0n) is 17.1. The van der Waals surface area contributed by atoms with Crippen LogP contribution in [0.5, 0.6) is 0 Å². The van der Waals surface area contributed by atoms with Gasteiger partial charge in [-0.2, -0.15) is 5.10 Å². The van der Waals surface area contributed by atoms with Crippen LogP contribution in [0.4, 0.5) is 0 Å². The first-order chi connectivity index (χ1) is 13.6. The first kappa shape index (κ1) is 18.9. The van der Waals surface area contributed by atoms with Gasteiger partial charge in [-0.1, -0.05) is 53.8 Å². The van der Waals surface area contributed by atoms with Gasteiger partial charge in [-0.3, -0.25) is 9.58 Å². The highest BCUT2D eigenvalue weighted by Crippen LogP contribution is 2.34. The summed E-state index contributed by atoms with van der Waals surface area (Å²) in [4.78, 5) is 2.21. The van der Waals surface area contributed by atoms with Crippen LogP contribution in [0, 0.1) is 6.92 Å². The summed E-state index contributed by atoms with van der Waals surface area (Å²) in [7, 11) is 4.06. The molecule has 2 heterocycles. The molecule has 6 heteroatoms. The lowest BCUT2D eigenvalue weighted by atomic mass is 9.84. The second-order valence-electron chi connectivity index (χ2n) is 8.10. The molecule has 1 aromatic carbocycles. The summed E-state index contributed by atoms with van der Waals surface area (Å²) in [5.74, 6) is 0.733. The van der Waals surface area contributed by atoms with E-state index in [0.29, 0.717) is 6.54 Å². The van der Waals surface area contributed by atoms with Crippen LogP contribution in [0.3, 0.4) is 0 Å². The number of hydrogen-bond acceptors (Lipinski definition) is 5. The summed E-state index contributed by atoms with van der Waals surface area (Å²) in [6.07, 6.45) is 8.88. The number of benzene rings is 1. The number of hydrogen-bond donors (Lipinski definition) is 0. The highest BCUT2D eigenvalue weighted by Gasteiger charge is 2.17. The van der Waals surface area contributed by atoms with E-state index < -0.39 is 0 Å². The zero-order valence-corrected chi connectivity index (χ0v) is 17.1. The second-order valence-corrected chi connectivity index (χ2v) is 8.10. The molecule has 0 bridgehead atoms. The van der Waals surface area contributed by atoms with Gasteiger partial charge in [-0.25, -0.2) is 4.63 Å². The molecule has 2 aromatic heterocycles. The lowest BCUT2D eigenvalue weighted by molar-refractivity contribution is 0.279. The summed E-state index contributed by atoms with van der Waals surface area (Å²) >= 11 is 0.